The van der Waals surface area contributed by atoms with E-state index < -0.39 is 8.32 Å². The maximum absolute atomic E-state index is 6.40. The third-order valence-corrected chi connectivity index (χ3v) is 8.79. The fraction of sp³-hybridized carbons (Fsp3) is 0.556. The van der Waals surface area contributed by atoms with Crippen LogP contribution in [0.15, 0.2) is 36.9 Å². The molecule has 0 bridgehead atoms. The van der Waals surface area contributed by atoms with Crippen LogP contribution < -0.4 is 9.47 Å². The molecule has 0 aliphatic carbocycles. The van der Waals surface area contributed by atoms with Crippen LogP contribution in [-0.4, -0.2) is 27.6 Å². The summed E-state index contributed by atoms with van der Waals surface area (Å²) in [6.07, 6.45) is 1.62. The summed E-state index contributed by atoms with van der Waals surface area (Å²) in [7, 11) is -0.203. The third kappa shape index (κ3) is 4.89. The number of hydrogen-bond donors (Lipinski definition) is 0. The van der Waals surface area contributed by atoms with E-state index in [4.69, 9.17) is 13.9 Å². The van der Waals surface area contributed by atoms with Gasteiger partial charge in [-0.2, -0.15) is 0 Å². The first-order valence-corrected chi connectivity index (χ1v) is 10.6. The molecule has 1 aromatic rings. The van der Waals surface area contributed by atoms with E-state index in [0.717, 1.165) is 11.5 Å². The molecule has 2 atom stereocenters. The summed E-state index contributed by atoms with van der Waals surface area (Å²) in [6, 6.07) is 7.59. The van der Waals surface area contributed by atoms with Crippen LogP contribution in [0.2, 0.25) is 18.1 Å². The van der Waals surface area contributed by atoms with Crippen LogP contribution in [0.25, 0.3) is 0 Å². The lowest BCUT2D eigenvalue weighted by molar-refractivity contribution is 0.0862. The Morgan fingerprint density at radius 2 is 1.59 bits per heavy atom. The van der Waals surface area contributed by atoms with Gasteiger partial charge >= 0.3 is 0 Å². The lowest BCUT2D eigenvalue weighted by Crippen LogP contribution is -2.47. The van der Waals surface area contributed by atoms with Crippen molar-refractivity contribution in [3.05, 3.63) is 36.9 Å². The molecule has 22 heavy (non-hydrogen) atoms. The Bertz CT molecular complexity index is 474. The summed E-state index contributed by atoms with van der Waals surface area (Å²) < 4.78 is 17.6. The zero-order chi connectivity index (χ0) is 17.0. The largest absolute Gasteiger partial charge is 0.497 e. The van der Waals surface area contributed by atoms with Gasteiger partial charge in [0.25, 0.3) is 0 Å². The summed E-state index contributed by atoms with van der Waals surface area (Å²) in [4.78, 5) is 0. The molecule has 1 rings (SSSR count). The van der Waals surface area contributed by atoms with Crippen molar-refractivity contribution in [1.29, 1.82) is 0 Å². The molecule has 0 aliphatic heterocycles. The highest BCUT2D eigenvalue weighted by Gasteiger charge is 2.39. The number of rotatable bonds is 7. The molecule has 0 heterocycles. The molecule has 124 valence electrons. The lowest BCUT2D eigenvalue weighted by Gasteiger charge is -2.39. The fourth-order valence-corrected chi connectivity index (χ4v) is 3.11. The van der Waals surface area contributed by atoms with Crippen LogP contribution in [-0.2, 0) is 4.43 Å². The maximum atomic E-state index is 6.40. The second-order valence-electron chi connectivity index (χ2n) is 7.08. The molecule has 0 spiro atoms. The van der Waals surface area contributed by atoms with E-state index in [1.165, 1.54) is 0 Å². The zero-order valence-electron chi connectivity index (χ0n) is 15.0. The smallest absolute Gasteiger partial charge is 0.193 e. The molecule has 0 fully saturated rings. The van der Waals surface area contributed by atoms with Gasteiger partial charge in [0.2, 0.25) is 0 Å². The number of methoxy groups -OCH3 is 1. The minimum Gasteiger partial charge on any atom is -0.497 e. The van der Waals surface area contributed by atoms with Crippen molar-refractivity contribution in [3.8, 4) is 11.5 Å². The van der Waals surface area contributed by atoms with Gasteiger partial charge in [-0.1, -0.05) is 26.8 Å². The first-order valence-electron chi connectivity index (χ1n) is 7.72. The molecule has 0 saturated carbocycles. The van der Waals surface area contributed by atoms with E-state index in [-0.39, 0.29) is 17.2 Å². The Morgan fingerprint density at radius 1 is 1.09 bits per heavy atom. The van der Waals surface area contributed by atoms with E-state index in [1.54, 1.807) is 7.11 Å². The Morgan fingerprint density at radius 3 is 2.00 bits per heavy atom. The summed E-state index contributed by atoms with van der Waals surface area (Å²) >= 11 is 0. The van der Waals surface area contributed by atoms with E-state index >= 15 is 0 Å². The lowest BCUT2D eigenvalue weighted by atomic mass is 10.2. The number of hydrogen-bond acceptors (Lipinski definition) is 3. The normalized spacial score (nSPS) is 15.0. The topological polar surface area (TPSA) is 27.7 Å². The molecule has 1 aromatic carbocycles. The molecular weight excluding hydrogens is 292 g/mol. The number of benzene rings is 1. The molecule has 0 unspecified atom stereocenters. The summed E-state index contributed by atoms with van der Waals surface area (Å²) in [5.41, 5.74) is 0. The van der Waals surface area contributed by atoms with Crippen LogP contribution in [0.3, 0.4) is 0 Å². The van der Waals surface area contributed by atoms with Gasteiger partial charge in [0.1, 0.15) is 17.6 Å². The van der Waals surface area contributed by atoms with Gasteiger partial charge in [-0.05, 0) is 49.3 Å². The van der Waals surface area contributed by atoms with E-state index in [2.05, 4.69) is 40.4 Å². The minimum absolute atomic E-state index is 0.0972. The van der Waals surface area contributed by atoms with Gasteiger partial charge in [-0.15, -0.1) is 6.58 Å². The van der Waals surface area contributed by atoms with Crippen molar-refractivity contribution < 1.29 is 13.9 Å². The first kappa shape index (κ1) is 18.8. The molecule has 3 nitrogen and oxygen atoms in total. The maximum Gasteiger partial charge on any atom is 0.193 e. The van der Waals surface area contributed by atoms with Crippen LogP contribution in [0, 0.1) is 0 Å². The van der Waals surface area contributed by atoms with Crippen molar-refractivity contribution in [1.82, 2.24) is 0 Å². The van der Waals surface area contributed by atoms with Crippen LogP contribution in [0.4, 0.5) is 0 Å². The van der Waals surface area contributed by atoms with Gasteiger partial charge in [0.05, 0.1) is 13.2 Å². The SMILES string of the molecule is C=C[C@@H](O[Si](C)(C)C(C)(C)C)[C@@H](C)Oc1ccc(OC)cc1. The summed E-state index contributed by atoms with van der Waals surface area (Å²) in [5, 5.41) is 0.161. The Hall–Kier alpha value is -1.26. The molecule has 4 heteroatoms. The molecular formula is C18H30O3Si. The predicted octanol–water partition coefficient (Wildman–Crippen LogP) is 5.04. The average Bonchev–Trinajstić information content (AvgIpc) is 2.44. The van der Waals surface area contributed by atoms with Gasteiger partial charge in [-0.25, -0.2) is 0 Å². The second kappa shape index (κ2) is 7.33. The summed E-state index contributed by atoms with van der Waals surface area (Å²) in [6.45, 7) is 17.1. The monoisotopic (exact) mass is 322 g/mol. The molecule has 0 amide bonds. The van der Waals surface area contributed by atoms with Crippen LogP contribution >= 0.6 is 0 Å². The van der Waals surface area contributed by atoms with Crippen LogP contribution in [0.5, 0.6) is 11.5 Å². The van der Waals surface area contributed by atoms with E-state index in [1.807, 2.05) is 37.3 Å². The molecule has 0 saturated heterocycles. The fourth-order valence-electron chi connectivity index (χ4n) is 1.79. The number of ether oxygens (including phenoxy) is 2. The van der Waals surface area contributed by atoms with Crippen molar-refractivity contribution >= 4 is 8.32 Å². The average molecular weight is 323 g/mol. The molecule has 0 radical (unpaired) electrons. The molecule has 0 aliphatic rings. The Labute approximate surface area is 136 Å². The van der Waals surface area contributed by atoms with Gasteiger partial charge in [0.15, 0.2) is 8.32 Å². The molecule has 0 aromatic heterocycles. The Kier molecular flexibility index (Phi) is 6.26. The minimum atomic E-state index is -1.85. The van der Waals surface area contributed by atoms with Gasteiger partial charge in [0, 0.05) is 0 Å². The van der Waals surface area contributed by atoms with Gasteiger partial charge < -0.3 is 13.9 Å². The highest BCUT2D eigenvalue weighted by Crippen LogP contribution is 2.38. The second-order valence-corrected chi connectivity index (χ2v) is 11.8. The predicted molar refractivity (Wildman–Crippen MR) is 95.4 cm³/mol. The van der Waals surface area contributed by atoms with Crippen LogP contribution in [0.1, 0.15) is 27.7 Å². The van der Waals surface area contributed by atoms with E-state index in [9.17, 15) is 0 Å². The van der Waals surface area contributed by atoms with Crippen molar-refractivity contribution in [2.24, 2.45) is 0 Å². The standard InChI is InChI=1S/C18H30O3Si/c1-9-17(21-22(7,8)18(3,4)5)14(2)20-16-12-10-15(19-6)11-13-16/h9-14,17H,1H2,2-8H3/t14-,17-/m1/s1. The van der Waals surface area contributed by atoms with E-state index in [0.29, 0.717) is 0 Å². The third-order valence-electron chi connectivity index (χ3n) is 4.31. The first-order chi connectivity index (χ1) is 10.1. The highest BCUT2D eigenvalue weighted by molar-refractivity contribution is 6.74. The van der Waals surface area contributed by atoms with Gasteiger partial charge in [-0.3, -0.25) is 0 Å². The van der Waals surface area contributed by atoms with Crippen molar-refractivity contribution in [2.75, 3.05) is 7.11 Å². The highest BCUT2D eigenvalue weighted by atomic mass is 28.4. The zero-order valence-corrected chi connectivity index (χ0v) is 16.0. The van der Waals surface area contributed by atoms with Crippen molar-refractivity contribution in [3.63, 3.8) is 0 Å². The Balaban J connectivity index is 2.75. The molecule has 0 N–H and O–H groups in total. The quantitative estimate of drug-likeness (QED) is 0.520. The summed E-state index contributed by atoms with van der Waals surface area (Å²) in [5.74, 6) is 1.62. The van der Waals surface area contributed by atoms with Crippen molar-refractivity contribution in [2.45, 2.75) is 58.0 Å².